The van der Waals surface area contributed by atoms with E-state index in [4.69, 9.17) is 14.6 Å². The van der Waals surface area contributed by atoms with Gasteiger partial charge in [-0.05, 0) is 50.6 Å². The van der Waals surface area contributed by atoms with Gasteiger partial charge in [0, 0.05) is 47.1 Å². The summed E-state index contributed by atoms with van der Waals surface area (Å²) in [5.41, 5.74) is 5.80. The Bertz CT molecular complexity index is 1330. The zero-order valence-electron chi connectivity index (χ0n) is 21.4. The first-order valence-electron chi connectivity index (χ1n) is 12.7. The van der Waals surface area contributed by atoms with Crippen molar-refractivity contribution in [3.63, 3.8) is 0 Å². The number of methoxy groups -OCH3 is 1. The quantitative estimate of drug-likeness (QED) is 0.389. The zero-order chi connectivity index (χ0) is 25.9. The van der Waals surface area contributed by atoms with E-state index < -0.39 is 0 Å². The minimum absolute atomic E-state index is 0.126. The molecule has 1 aromatic carbocycles. The largest absolute Gasteiger partial charge is 0.496 e. The summed E-state index contributed by atoms with van der Waals surface area (Å²) in [4.78, 5) is 25.2. The van der Waals surface area contributed by atoms with Crippen LogP contribution in [0.15, 0.2) is 34.5 Å². The number of nitrogens with one attached hydrogen (secondary N) is 2. The third-order valence-corrected chi connectivity index (χ3v) is 7.44. The van der Waals surface area contributed by atoms with Crippen LogP contribution in [0.3, 0.4) is 0 Å². The van der Waals surface area contributed by atoms with E-state index in [9.17, 15) is 9.59 Å². The fourth-order valence-electron chi connectivity index (χ4n) is 4.64. The second kappa shape index (κ2) is 10.8. The number of benzene rings is 1. The Kier molecular flexibility index (Phi) is 7.32. The van der Waals surface area contributed by atoms with E-state index in [1.807, 2.05) is 47.5 Å². The van der Waals surface area contributed by atoms with Crippen molar-refractivity contribution in [2.24, 2.45) is 5.92 Å². The minimum atomic E-state index is -0.249. The topological polar surface area (TPSA) is 94.5 Å². The van der Waals surface area contributed by atoms with Crippen LogP contribution in [-0.2, 0) is 11.4 Å². The number of thiophene rings is 1. The molecular weight excluding hydrogens is 488 g/mol. The number of hydrogen-bond donors (Lipinski definition) is 2. The van der Waals surface area contributed by atoms with Crippen LogP contribution in [0.1, 0.15) is 61.1 Å². The van der Waals surface area contributed by atoms with Gasteiger partial charge < -0.3 is 20.1 Å². The normalized spacial score (nSPS) is 14.0. The Balaban J connectivity index is 1.41. The van der Waals surface area contributed by atoms with E-state index in [2.05, 4.69) is 16.7 Å². The van der Waals surface area contributed by atoms with Gasteiger partial charge in [-0.1, -0.05) is 18.1 Å². The number of carbonyl (C=O) groups excluding carboxylic acids is 2. The third-order valence-electron chi connectivity index (χ3n) is 6.77. The Hall–Kier alpha value is -3.59. The monoisotopic (exact) mass is 520 g/mol. The summed E-state index contributed by atoms with van der Waals surface area (Å²) in [7, 11) is 1.65. The van der Waals surface area contributed by atoms with Crippen molar-refractivity contribution in [2.75, 3.05) is 20.2 Å². The second-order valence-corrected chi connectivity index (χ2v) is 10.5. The van der Waals surface area contributed by atoms with Gasteiger partial charge in [0.25, 0.3) is 5.91 Å². The molecule has 0 unspecified atom stereocenters. The second-order valence-electron chi connectivity index (χ2n) is 9.70. The van der Waals surface area contributed by atoms with Crippen molar-refractivity contribution >= 4 is 29.2 Å². The molecule has 0 bridgehead atoms. The van der Waals surface area contributed by atoms with Crippen LogP contribution in [0.4, 0.5) is 0 Å². The highest BCUT2D eigenvalue weighted by Crippen LogP contribution is 2.44. The molecule has 5 rings (SSSR count). The number of allylic oxidation sites excluding steroid dienone is 1. The molecule has 9 heteroatoms. The van der Waals surface area contributed by atoms with Crippen molar-refractivity contribution in [2.45, 2.75) is 46.1 Å². The van der Waals surface area contributed by atoms with Gasteiger partial charge in [-0.25, -0.2) is 4.68 Å². The molecule has 3 aromatic rings. The van der Waals surface area contributed by atoms with Gasteiger partial charge in [-0.2, -0.15) is 16.4 Å². The predicted molar refractivity (Wildman–Crippen MR) is 144 cm³/mol. The summed E-state index contributed by atoms with van der Waals surface area (Å²) in [6.07, 6.45) is 5.82. The lowest BCUT2D eigenvalue weighted by atomic mass is 9.85. The third kappa shape index (κ3) is 5.13. The summed E-state index contributed by atoms with van der Waals surface area (Å²) in [6, 6.07) is 5.92. The lowest BCUT2D eigenvalue weighted by molar-refractivity contribution is -0.127. The lowest BCUT2D eigenvalue weighted by Gasteiger charge is -2.24. The molecule has 1 aliphatic heterocycles. The zero-order valence-corrected chi connectivity index (χ0v) is 22.2. The number of ether oxygens (including phenoxy) is 2. The van der Waals surface area contributed by atoms with Crippen molar-refractivity contribution in [3.05, 3.63) is 51.4 Å². The van der Waals surface area contributed by atoms with Crippen LogP contribution in [0.2, 0.25) is 0 Å². The van der Waals surface area contributed by atoms with Gasteiger partial charge in [-0.15, -0.1) is 0 Å². The first-order chi connectivity index (χ1) is 18.0. The first kappa shape index (κ1) is 25.1. The highest BCUT2D eigenvalue weighted by Gasteiger charge is 2.31. The molecule has 194 valence electrons. The van der Waals surface area contributed by atoms with E-state index >= 15 is 0 Å². The number of carbonyl (C=O) groups is 2. The highest BCUT2D eigenvalue weighted by atomic mass is 32.1. The van der Waals surface area contributed by atoms with Gasteiger partial charge in [0.1, 0.15) is 18.1 Å². The van der Waals surface area contributed by atoms with Crippen LogP contribution >= 0.6 is 11.3 Å². The van der Waals surface area contributed by atoms with Crippen LogP contribution in [0.5, 0.6) is 11.5 Å². The van der Waals surface area contributed by atoms with Gasteiger partial charge in [0.05, 0.1) is 18.5 Å². The summed E-state index contributed by atoms with van der Waals surface area (Å²) >= 11 is 1.57. The molecular formula is C28H32N4O4S. The number of rotatable bonds is 9. The molecule has 1 aliphatic carbocycles. The minimum Gasteiger partial charge on any atom is -0.496 e. The summed E-state index contributed by atoms with van der Waals surface area (Å²) < 4.78 is 13.5. The molecule has 0 saturated heterocycles. The summed E-state index contributed by atoms with van der Waals surface area (Å²) in [5.74, 6) is 1.47. The molecule has 0 atom stereocenters. The molecule has 1 saturated carbocycles. The smallest absolute Gasteiger partial charge is 0.272 e. The van der Waals surface area contributed by atoms with E-state index in [1.54, 1.807) is 18.4 Å². The maximum atomic E-state index is 13.2. The standard InChI is InChI=1S/C28H32N4O4S/c1-17(2)12-19-13-21-24(14-23(19)35-3)36-15-22-25(31-32(26(21)22)20-8-11-37-16-20)28(34)30-10-5-9-29-27(33)18-6-4-7-18/h8,11-14,16,18H,4-7,9-10,15H2,1-3H3,(H,29,33)(H,30,34). The van der Waals surface area contributed by atoms with E-state index in [0.717, 1.165) is 58.7 Å². The van der Waals surface area contributed by atoms with Crippen LogP contribution in [0, 0.1) is 5.92 Å². The number of amides is 2. The fraction of sp³-hybridized carbons (Fsp3) is 0.393. The fourth-order valence-corrected chi connectivity index (χ4v) is 5.26. The first-order valence-corrected chi connectivity index (χ1v) is 13.6. The SMILES string of the molecule is COc1cc2c(cc1C=C(C)C)-c1c(c(C(=O)NCCCNC(=O)C3CCC3)nn1-c1ccsc1)CO2. The molecule has 0 spiro atoms. The molecule has 3 heterocycles. The Morgan fingerprint density at radius 3 is 2.73 bits per heavy atom. The molecule has 1 fully saturated rings. The molecule has 37 heavy (non-hydrogen) atoms. The maximum absolute atomic E-state index is 13.2. The van der Waals surface area contributed by atoms with Gasteiger partial charge in [-0.3, -0.25) is 9.59 Å². The van der Waals surface area contributed by atoms with Crippen LogP contribution in [-0.4, -0.2) is 41.8 Å². The highest BCUT2D eigenvalue weighted by molar-refractivity contribution is 7.08. The average molecular weight is 521 g/mol. The van der Waals surface area contributed by atoms with Crippen molar-refractivity contribution < 1.29 is 19.1 Å². The van der Waals surface area contributed by atoms with E-state index in [-0.39, 0.29) is 24.3 Å². The van der Waals surface area contributed by atoms with Gasteiger partial charge >= 0.3 is 0 Å². The number of hydrogen-bond acceptors (Lipinski definition) is 6. The molecule has 2 N–H and O–H groups in total. The Morgan fingerprint density at radius 2 is 2.05 bits per heavy atom. The number of aromatic nitrogens is 2. The molecule has 2 aliphatic rings. The molecule has 2 aromatic heterocycles. The lowest BCUT2D eigenvalue weighted by Crippen LogP contribution is -2.36. The van der Waals surface area contributed by atoms with Crippen molar-refractivity contribution in [1.82, 2.24) is 20.4 Å². The Labute approximate surface area is 220 Å². The van der Waals surface area contributed by atoms with Gasteiger partial charge in [0.15, 0.2) is 5.69 Å². The maximum Gasteiger partial charge on any atom is 0.272 e. The van der Waals surface area contributed by atoms with Crippen molar-refractivity contribution in [1.29, 1.82) is 0 Å². The summed E-state index contributed by atoms with van der Waals surface area (Å²) in [5, 5.41) is 14.7. The Morgan fingerprint density at radius 1 is 1.24 bits per heavy atom. The predicted octanol–water partition coefficient (Wildman–Crippen LogP) is 4.96. The molecule has 8 nitrogen and oxygen atoms in total. The van der Waals surface area contributed by atoms with E-state index in [1.165, 1.54) is 0 Å². The van der Waals surface area contributed by atoms with Crippen LogP contribution in [0.25, 0.3) is 23.0 Å². The number of fused-ring (bicyclic) bond motifs is 3. The van der Waals surface area contributed by atoms with E-state index in [0.29, 0.717) is 31.0 Å². The van der Waals surface area contributed by atoms with Crippen molar-refractivity contribution in [3.8, 4) is 28.4 Å². The average Bonchev–Trinajstić information content (AvgIpc) is 3.50. The molecule has 0 radical (unpaired) electrons. The number of nitrogens with zero attached hydrogens (tertiary/aromatic N) is 2. The van der Waals surface area contributed by atoms with Gasteiger partial charge in [0.2, 0.25) is 5.91 Å². The van der Waals surface area contributed by atoms with Crippen LogP contribution < -0.4 is 20.1 Å². The molecule has 2 amide bonds. The summed E-state index contributed by atoms with van der Waals surface area (Å²) in [6.45, 7) is 5.30.